The van der Waals surface area contributed by atoms with Gasteiger partial charge in [0.15, 0.2) is 0 Å². The van der Waals surface area contributed by atoms with Gasteiger partial charge in [0.1, 0.15) is 0 Å². The molecule has 0 aromatic carbocycles. The van der Waals surface area contributed by atoms with Crippen molar-refractivity contribution in [3.63, 3.8) is 0 Å². The fourth-order valence-corrected chi connectivity index (χ4v) is 2.41. The van der Waals surface area contributed by atoms with Crippen molar-refractivity contribution in [1.82, 2.24) is 10.2 Å². The van der Waals surface area contributed by atoms with Gasteiger partial charge in [-0.05, 0) is 19.9 Å². The molecule has 0 bridgehead atoms. The molecule has 3 nitrogen and oxygen atoms in total. The second-order valence-electron chi connectivity index (χ2n) is 4.16. The van der Waals surface area contributed by atoms with Crippen LogP contribution >= 0.6 is 23.2 Å². The third-order valence-electron chi connectivity index (χ3n) is 3.05. The van der Waals surface area contributed by atoms with Crippen LogP contribution in [0.3, 0.4) is 0 Å². The van der Waals surface area contributed by atoms with E-state index in [1.54, 1.807) is 4.90 Å². The van der Waals surface area contributed by atoms with Gasteiger partial charge in [0.2, 0.25) is 5.91 Å². The second-order valence-corrected chi connectivity index (χ2v) is 4.91. The number of carbonyl (C=O) groups is 1. The minimum Gasteiger partial charge on any atom is -0.340 e. The number of hydrogen-bond donors (Lipinski definition) is 1. The molecule has 1 atom stereocenters. The van der Waals surface area contributed by atoms with Crippen LogP contribution in [-0.4, -0.2) is 48.7 Å². The molecule has 0 aromatic rings. The summed E-state index contributed by atoms with van der Waals surface area (Å²) in [5.74, 6) is 0.995. The summed E-state index contributed by atoms with van der Waals surface area (Å²) in [6.45, 7) is 4.92. The van der Waals surface area contributed by atoms with Crippen molar-refractivity contribution in [3.8, 4) is 0 Å². The number of nitrogens with one attached hydrogen (secondary N) is 1. The van der Waals surface area contributed by atoms with Gasteiger partial charge in [-0.15, -0.1) is 23.2 Å². The van der Waals surface area contributed by atoms with E-state index in [9.17, 15) is 4.79 Å². The Bertz CT molecular complexity index is 276. The first-order valence-corrected chi connectivity index (χ1v) is 7.08. The van der Waals surface area contributed by atoms with Gasteiger partial charge in [-0.2, -0.15) is 0 Å². The first-order valence-electron chi connectivity index (χ1n) is 6.01. The number of alkyl halides is 2. The van der Waals surface area contributed by atoms with E-state index < -0.39 is 0 Å². The zero-order chi connectivity index (χ0) is 12.7. The molecule has 1 N–H and O–H groups in total. The Labute approximate surface area is 113 Å². The van der Waals surface area contributed by atoms with Gasteiger partial charge in [-0.25, -0.2) is 0 Å². The average Bonchev–Trinajstić information content (AvgIpc) is 2.38. The van der Waals surface area contributed by atoms with Crippen LogP contribution in [0.1, 0.15) is 13.3 Å². The van der Waals surface area contributed by atoms with E-state index in [-0.39, 0.29) is 11.8 Å². The summed E-state index contributed by atoms with van der Waals surface area (Å²) in [5, 5.41) is 3.24. The third kappa shape index (κ3) is 4.49. The van der Waals surface area contributed by atoms with Crippen LogP contribution in [0.15, 0.2) is 11.6 Å². The highest BCUT2D eigenvalue weighted by atomic mass is 35.5. The molecule has 1 rings (SSSR count). The van der Waals surface area contributed by atoms with Gasteiger partial charge in [0, 0.05) is 31.4 Å². The molecule has 0 radical (unpaired) electrons. The van der Waals surface area contributed by atoms with Gasteiger partial charge >= 0.3 is 0 Å². The van der Waals surface area contributed by atoms with Crippen molar-refractivity contribution in [1.29, 1.82) is 0 Å². The van der Waals surface area contributed by atoms with Crippen molar-refractivity contribution >= 4 is 29.1 Å². The van der Waals surface area contributed by atoms with Gasteiger partial charge < -0.3 is 10.2 Å². The predicted molar refractivity (Wildman–Crippen MR) is 72.8 cm³/mol. The van der Waals surface area contributed by atoms with E-state index in [0.717, 1.165) is 19.5 Å². The zero-order valence-electron chi connectivity index (χ0n) is 10.2. The molecule has 1 unspecified atom stereocenters. The highest BCUT2D eigenvalue weighted by Gasteiger charge is 2.23. The minimum atomic E-state index is -0.0523. The summed E-state index contributed by atoms with van der Waals surface area (Å²) in [7, 11) is 0. The van der Waals surface area contributed by atoms with Crippen LogP contribution in [0.25, 0.3) is 0 Å². The van der Waals surface area contributed by atoms with Crippen molar-refractivity contribution < 1.29 is 4.79 Å². The van der Waals surface area contributed by atoms with Gasteiger partial charge in [-0.1, -0.05) is 11.6 Å². The number of halogens is 2. The topological polar surface area (TPSA) is 32.3 Å². The number of rotatable bonds is 6. The smallest absolute Gasteiger partial charge is 0.229 e. The first-order chi connectivity index (χ1) is 8.20. The summed E-state index contributed by atoms with van der Waals surface area (Å²) in [4.78, 5) is 14.0. The summed E-state index contributed by atoms with van der Waals surface area (Å²) < 4.78 is 0. The van der Waals surface area contributed by atoms with E-state index in [0.29, 0.717) is 24.8 Å². The molecule has 1 aliphatic rings. The second kappa shape index (κ2) is 7.96. The highest BCUT2D eigenvalue weighted by molar-refractivity contribution is 6.18. The van der Waals surface area contributed by atoms with E-state index in [2.05, 4.69) is 11.4 Å². The van der Waals surface area contributed by atoms with Crippen LogP contribution in [-0.2, 0) is 4.79 Å². The van der Waals surface area contributed by atoms with Crippen LogP contribution in [0.2, 0.25) is 0 Å². The predicted octanol–water partition coefficient (Wildman–Crippen LogP) is 1.85. The minimum absolute atomic E-state index is 0.0523. The van der Waals surface area contributed by atoms with Crippen LogP contribution in [0, 0.1) is 5.92 Å². The quantitative estimate of drug-likeness (QED) is 0.594. The van der Waals surface area contributed by atoms with E-state index in [1.807, 2.05) is 6.92 Å². The third-order valence-corrected chi connectivity index (χ3v) is 3.38. The molecule has 17 heavy (non-hydrogen) atoms. The maximum Gasteiger partial charge on any atom is 0.229 e. The molecule has 1 amide bonds. The lowest BCUT2D eigenvalue weighted by Crippen LogP contribution is -2.39. The van der Waals surface area contributed by atoms with Crippen molar-refractivity contribution in [2.75, 3.05) is 37.9 Å². The van der Waals surface area contributed by atoms with Crippen molar-refractivity contribution in [2.24, 2.45) is 5.92 Å². The monoisotopic (exact) mass is 278 g/mol. The summed E-state index contributed by atoms with van der Waals surface area (Å²) >= 11 is 11.4. The zero-order valence-corrected chi connectivity index (χ0v) is 11.7. The molecule has 1 heterocycles. The Morgan fingerprint density at radius 2 is 2.12 bits per heavy atom. The molecular formula is C12H20Cl2N2O. The van der Waals surface area contributed by atoms with Gasteiger partial charge in [0.25, 0.3) is 0 Å². The Morgan fingerprint density at radius 3 is 2.59 bits per heavy atom. The molecule has 5 heteroatoms. The molecule has 0 saturated carbocycles. The van der Waals surface area contributed by atoms with Gasteiger partial charge in [0.05, 0.1) is 5.92 Å². The number of carbonyl (C=O) groups excluding carboxylic acids is 1. The molecule has 0 aliphatic carbocycles. The number of nitrogens with zero attached hydrogens (tertiary/aromatic N) is 1. The highest BCUT2D eigenvalue weighted by Crippen LogP contribution is 2.18. The fraction of sp³-hybridized carbons (Fsp3) is 0.750. The SMILES string of the molecule is CC(C(=O)N(CCCl)CCCl)C1=CCNCC1. The summed E-state index contributed by atoms with van der Waals surface area (Å²) in [6, 6.07) is 0. The Hall–Kier alpha value is -0.250. The molecular weight excluding hydrogens is 259 g/mol. The maximum absolute atomic E-state index is 12.3. The summed E-state index contributed by atoms with van der Waals surface area (Å²) in [6.07, 6.45) is 3.06. The lowest BCUT2D eigenvalue weighted by molar-refractivity contribution is -0.133. The Kier molecular flexibility index (Phi) is 6.93. The lowest BCUT2D eigenvalue weighted by atomic mass is 9.94. The van der Waals surface area contributed by atoms with Crippen LogP contribution in [0.5, 0.6) is 0 Å². The summed E-state index contributed by atoms with van der Waals surface area (Å²) in [5.41, 5.74) is 1.22. The van der Waals surface area contributed by atoms with Crippen molar-refractivity contribution in [3.05, 3.63) is 11.6 Å². The Balaban J connectivity index is 2.61. The van der Waals surface area contributed by atoms with E-state index in [1.165, 1.54) is 5.57 Å². The number of hydrogen-bond acceptors (Lipinski definition) is 2. The molecule has 0 fully saturated rings. The van der Waals surface area contributed by atoms with Crippen LogP contribution in [0.4, 0.5) is 0 Å². The standard InChI is InChI=1S/C12H20Cl2N2O/c1-10(11-2-6-15-7-3-11)12(17)16(8-4-13)9-5-14/h2,10,15H,3-9H2,1H3. The molecule has 98 valence electrons. The number of amides is 1. The molecule has 0 aromatic heterocycles. The molecule has 0 spiro atoms. The van der Waals surface area contributed by atoms with Crippen LogP contribution < -0.4 is 5.32 Å². The maximum atomic E-state index is 12.3. The fourth-order valence-electron chi connectivity index (χ4n) is 2.00. The molecule has 0 saturated heterocycles. The largest absolute Gasteiger partial charge is 0.340 e. The van der Waals surface area contributed by atoms with Gasteiger partial charge in [-0.3, -0.25) is 4.79 Å². The van der Waals surface area contributed by atoms with Crippen molar-refractivity contribution in [2.45, 2.75) is 13.3 Å². The lowest BCUT2D eigenvalue weighted by Gasteiger charge is -2.27. The molecule has 1 aliphatic heterocycles. The first kappa shape index (κ1) is 14.8. The van der Waals surface area contributed by atoms with E-state index in [4.69, 9.17) is 23.2 Å². The van der Waals surface area contributed by atoms with E-state index >= 15 is 0 Å². The normalized spacial score (nSPS) is 17.5. The Morgan fingerprint density at radius 1 is 1.47 bits per heavy atom. The average molecular weight is 279 g/mol.